The van der Waals surface area contributed by atoms with Gasteiger partial charge in [0, 0.05) is 38.5 Å². The first-order chi connectivity index (χ1) is 46.6. The molecule has 3 unspecified atom stereocenters. The molecule has 20 nitrogen and oxygen atoms in total. The Morgan fingerprint density at radius 3 is 0.896 bits per heavy atom. The first-order valence-electron chi connectivity index (χ1n) is 36.0. The van der Waals surface area contributed by atoms with Crippen LogP contribution in [0.1, 0.15) is 264 Å². The van der Waals surface area contributed by atoms with Gasteiger partial charge in [0.1, 0.15) is 6.61 Å². The molecule has 0 spiro atoms. The Kier molecular flexibility index (Phi) is 43.4. The number of phosphoric ester groups is 2. The van der Waals surface area contributed by atoms with Gasteiger partial charge in [-0.25, -0.2) is 9.13 Å². The fraction of sp³-hybridized carbons (Fsp3) is 0.676. The molecule has 0 heterocycles. The zero-order chi connectivity index (χ0) is 69.5. The molecule has 0 radical (unpaired) electrons. The molecule has 0 saturated heterocycles. The van der Waals surface area contributed by atoms with E-state index in [-0.39, 0.29) is 77.4 Å². The third kappa shape index (κ3) is 35.0. The number of esters is 6. The largest absolute Gasteiger partial charge is 0.475 e. The van der Waals surface area contributed by atoms with E-state index in [9.17, 15) is 28.8 Å². The van der Waals surface area contributed by atoms with Gasteiger partial charge in [-0.15, -0.1) is 0 Å². The normalized spacial score (nSPS) is 18.0. The molecule has 22 heteroatoms. The average molecular weight is 1390 g/mol. The number of rotatable bonds is 55. The Bertz CT molecular complexity index is 2600. The van der Waals surface area contributed by atoms with Crippen molar-refractivity contribution in [2.75, 3.05) is 13.2 Å². The van der Waals surface area contributed by atoms with Gasteiger partial charge < -0.3 is 28.4 Å². The second-order valence-corrected chi connectivity index (χ2v) is 28.0. The summed E-state index contributed by atoms with van der Waals surface area (Å²) in [5.41, 5.74) is 1.56. The van der Waals surface area contributed by atoms with Gasteiger partial charge in [0.25, 0.3) is 0 Å². The van der Waals surface area contributed by atoms with Crippen LogP contribution in [-0.4, -0.2) is 91.8 Å². The zero-order valence-electron chi connectivity index (χ0n) is 58.4. The van der Waals surface area contributed by atoms with Gasteiger partial charge >= 0.3 is 51.5 Å². The van der Waals surface area contributed by atoms with Crippen LogP contribution in [0.25, 0.3) is 0 Å². The van der Waals surface area contributed by atoms with E-state index in [0.717, 1.165) is 57.8 Å². The number of hydrogen-bond donors (Lipinski definition) is 0. The number of carbonyl (C=O) groups is 6. The predicted molar refractivity (Wildman–Crippen MR) is 367 cm³/mol. The lowest BCUT2D eigenvalue weighted by Gasteiger charge is -2.48. The summed E-state index contributed by atoms with van der Waals surface area (Å²) >= 11 is 0. The predicted octanol–water partition coefficient (Wildman–Crippen LogP) is 18.4. The quantitative estimate of drug-likeness (QED) is 0.0220. The molecular formula is C74H114O20P2. The second-order valence-electron chi connectivity index (χ2n) is 24.8. The van der Waals surface area contributed by atoms with E-state index in [1.165, 1.54) is 70.6 Å². The number of benzene rings is 3. The summed E-state index contributed by atoms with van der Waals surface area (Å²) in [5, 5.41) is 0. The molecule has 8 atom stereocenters. The molecule has 4 rings (SSSR count). The summed E-state index contributed by atoms with van der Waals surface area (Å²) in [4.78, 5) is 84.0. The topological polar surface area (TPSA) is 247 Å². The summed E-state index contributed by atoms with van der Waals surface area (Å²) < 4.78 is 106. The van der Waals surface area contributed by atoms with Crippen molar-refractivity contribution in [3.05, 3.63) is 108 Å². The number of unbranched alkanes of at least 4 members (excludes halogenated alkanes) is 20. The molecule has 96 heavy (non-hydrogen) atoms. The SMILES string of the molecule is CCCCCCCCCCCCCC(=O)OC[C@H](COP(=O)(OCc1ccccc1)OC1[C@H](OC(=O)CCC)[C@H](OC(=O)CCC)C(OP(=O)(OCc2ccccc2)OCc2ccccc2)[C@H](OC(=O)CCC)[C@H]1OC(=O)CCC)OC(=O)CCCCCCCCCCCCC. The first kappa shape index (κ1) is 83.1. The summed E-state index contributed by atoms with van der Waals surface area (Å²) in [6.07, 6.45) is 10.2. The third-order valence-electron chi connectivity index (χ3n) is 16.1. The monoisotopic (exact) mass is 1380 g/mol. The van der Waals surface area contributed by atoms with Crippen molar-refractivity contribution >= 4 is 51.5 Å². The maximum atomic E-state index is 16.1. The highest BCUT2D eigenvalue weighted by atomic mass is 31.2. The number of phosphoric acid groups is 2. The number of hydrogen-bond acceptors (Lipinski definition) is 20. The Morgan fingerprint density at radius 2 is 0.594 bits per heavy atom. The molecule has 0 bridgehead atoms. The summed E-state index contributed by atoms with van der Waals surface area (Å²) in [6.45, 7) is 8.79. The van der Waals surface area contributed by atoms with Crippen LogP contribution in [0.5, 0.6) is 0 Å². The molecule has 1 fully saturated rings. The van der Waals surface area contributed by atoms with Crippen LogP contribution in [0, 0.1) is 0 Å². The third-order valence-corrected chi connectivity index (χ3v) is 18.9. The minimum absolute atomic E-state index is 0.0254. The van der Waals surface area contributed by atoms with Crippen LogP contribution in [0.15, 0.2) is 91.0 Å². The Morgan fingerprint density at radius 1 is 0.312 bits per heavy atom. The second kappa shape index (κ2) is 50.1. The standard InChI is InChI=1S/C74H114O20P2/c1-7-13-15-17-19-21-23-25-27-29-40-52-63(75)83-57-62(88-68(80)53-41-30-28-26-24-22-20-18-16-14-8-2)58-87-96(82,86-56-61-50-38-33-39-51-61)94-74-71(91-66(78)44-11-5)69(89-64(76)42-9-3)73(70(90-65(77)43-10-4)72(74)92-67(79)45-12-6)93-95(81,84-54-59-46-34-31-35-47-59)85-55-60-48-36-32-37-49-60/h31-39,46-51,62,69-74H,7-30,40-45,52-58H2,1-6H3/t62-,69-,70+,71-,72-,73?,74?,96?/m1/s1. The molecule has 0 amide bonds. The molecule has 540 valence electrons. The van der Waals surface area contributed by atoms with E-state index in [2.05, 4.69) is 13.8 Å². The van der Waals surface area contributed by atoms with Crippen LogP contribution in [0.2, 0.25) is 0 Å². The molecule has 3 aromatic carbocycles. The van der Waals surface area contributed by atoms with Gasteiger partial charge in [-0.3, -0.25) is 55.9 Å². The summed E-state index contributed by atoms with van der Waals surface area (Å²) in [7, 11) is -10.4. The summed E-state index contributed by atoms with van der Waals surface area (Å²) in [5.74, 6) is -4.78. The van der Waals surface area contributed by atoms with Gasteiger partial charge in [0.05, 0.1) is 26.4 Å². The smallest absolute Gasteiger partial charge is 0.462 e. The Hall–Kier alpha value is -5.30. The minimum atomic E-state index is -5.32. The lowest BCUT2D eigenvalue weighted by atomic mass is 9.84. The van der Waals surface area contributed by atoms with Crippen LogP contribution in [0.4, 0.5) is 0 Å². The highest BCUT2D eigenvalue weighted by Gasteiger charge is 2.63. The van der Waals surface area contributed by atoms with Crippen molar-refractivity contribution in [2.45, 2.75) is 310 Å². The van der Waals surface area contributed by atoms with E-state index < -0.39 is 114 Å². The summed E-state index contributed by atoms with van der Waals surface area (Å²) in [6, 6.07) is 25.9. The fourth-order valence-corrected chi connectivity index (χ4v) is 13.6. The highest BCUT2D eigenvalue weighted by molar-refractivity contribution is 7.48. The molecule has 3 aromatic rings. The molecule has 1 saturated carbocycles. The van der Waals surface area contributed by atoms with Crippen molar-refractivity contribution in [3.8, 4) is 0 Å². The average Bonchev–Trinajstić information content (AvgIpc) is 0.750. The van der Waals surface area contributed by atoms with E-state index in [0.29, 0.717) is 29.5 Å². The number of carbonyl (C=O) groups excluding carboxylic acids is 6. The van der Waals surface area contributed by atoms with Crippen LogP contribution < -0.4 is 0 Å². The number of ether oxygens (including phenoxy) is 6. The molecule has 1 aliphatic carbocycles. The fourth-order valence-electron chi connectivity index (χ4n) is 10.9. The maximum Gasteiger partial charge on any atom is 0.475 e. The van der Waals surface area contributed by atoms with E-state index in [1.807, 2.05) is 0 Å². The Labute approximate surface area is 572 Å². The van der Waals surface area contributed by atoms with Gasteiger partial charge in [-0.1, -0.05) is 261 Å². The maximum absolute atomic E-state index is 16.1. The molecule has 1 aliphatic rings. The van der Waals surface area contributed by atoms with Crippen LogP contribution in [0.3, 0.4) is 0 Å². The molecular weight excluding hydrogens is 1270 g/mol. The Balaban J connectivity index is 1.82. The van der Waals surface area contributed by atoms with Crippen molar-refractivity contribution in [1.82, 2.24) is 0 Å². The van der Waals surface area contributed by atoms with Crippen LogP contribution in [-0.2, 0) is 113 Å². The lowest BCUT2D eigenvalue weighted by molar-refractivity contribution is -0.249. The molecule has 0 aliphatic heterocycles. The first-order valence-corrected chi connectivity index (χ1v) is 38.9. The van der Waals surface area contributed by atoms with E-state index >= 15 is 9.13 Å². The lowest BCUT2D eigenvalue weighted by Crippen LogP contribution is -2.68. The van der Waals surface area contributed by atoms with Crippen molar-refractivity contribution in [3.63, 3.8) is 0 Å². The molecule has 0 aromatic heterocycles. The highest BCUT2D eigenvalue weighted by Crippen LogP contribution is 2.57. The van der Waals surface area contributed by atoms with E-state index in [1.54, 1.807) is 119 Å². The van der Waals surface area contributed by atoms with E-state index in [4.69, 9.17) is 55.6 Å². The van der Waals surface area contributed by atoms with Gasteiger partial charge in [0.2, 0.25) is 0 Å². The molecule has 0 N–H and O–H groups in total. The minimum Gasteiger partial charge on any atom is -0.462 e. The van der Waals surface area contributed by atoms with Crippen molar-refractivity contribution < 1.29 is 93.5 Å². The zero-order valence-corrected chi connectivity index (χ0v) is 60.2. The van der Waals surface area contributed by atoms with Gasteiger partial charge in [0.15, 0.2) is 42.7 Å². The van der Waals surface area contributed by atoms with Gasteiger partial charge in [-0.2, -0.15) is 0 Å². The van der Waals surface area contributed by atoms with Crippen LogP contribution >= 0.6 is 15.6 Å². The van der Waals surface area contributed by atoms with Crippen molar-refractivity contribution in [2.24, 2.45) is 0 Å². The van der Waals surface area contributed by atoms with Gasteiger partial charge in [-0.05, 0) is 55.2 Å². The van der Waals surface area contributed by atoms with Crippen molar-refractivity contribution in [1.29, 1.82) is 0 Å².